The summed E-state index contributed by atoms with van der Waals surface area (Å²) >= 11 is 5.85. The summed E-state index contributed by atoms with van der Waals surface area (Å²) in [6, 6.07) is 3.99. The summed E-state index contributed by atoms with van der Waals surface area (Å²) in [5.74, 6) is -1.38. The number of halogens is 3. The van der Waals surface area contributed by atoms with E-state index >= 15 is 4.39 Å². The van der Waals surface area contributed by atoms with Crippen molar-refractivity contribution in [2.24, 2.45) is 25.9 Å². The summed E-state index contributed by atoms with van der Waals surface area (Å²) in [6.07, 6.45) is 3.71. The van der Waals surface area contributed by atoms with Gasteiger partial charge in [0.1, 0.15) is 34.1 Å². The first-order valence-corrected chi connectivity index (χ1v) is 12.6. The van der Waals surface area contributed by atoms with Crippen LogP contribution in [0.25, 0.3) is 0 Å². The zero-order chi connectivity index (χ0) is 26.9. The number of aliphatic hydroxyl groups is 2. The van der Waals surface area contributed by atoms with Crippen molar-refractivity contribution in [1.29, 1.82) is 0 Å². The van der Waals surface area contributed by atoms with Gasteiger partial charge in [-0.2, -0.15) is 5.10 Å². The average molecular weight is 534 g/mol. The highest BCUT2D eigenvalue weighted by molar-refractivity contribution is 6.31. The fourth-order valence-electron chi connectivity index (χ4n) is 6.26. The number of hydrogen-bond donors (Lipinski definition) is 3. The van der Waals surface area contributed by atoms with Gasteiger partial charge in [-0.3, -0.25) is 9.48 Å². The molecule has 1 aromatic carbocycles. The molecule has 1 amide bonds. The van der Waals surface area contributed by atoms with E-state index in [2.05, 4.69) is 15.4 Å². The van der Waals surface area contributed by atoms with Gasteiger partial charge < -0.3 is 20.1 Å². The maximum Gasteiger partial charge on any atom is 0.274 e. The third-order valence-electron chi connectivity index (χ3n) is 7.80. The van der Waals surface area contributed by atoms with E-state index in [4.69, 9.17) is 11.6 Å². The molecule has 3 N–H and O–H groups in total. The number of amides is 1. The first-order chi connectivity index (χ1) is 17.3. The minimum absolute atomic E-state index is 0.00151. The van der Waals surface area contributed by atoms with E-state index in [-0.39, 0.29) is 40.1 Å². The molecule has 2 fully saturated rings. The first kappa shape index (κ1) is 25.8. The van der Waals surface area contributed by atoms with Gasteiger partial charge in [0.15, 0.2) is 5.82 Å². The number of benzene rings is 1. The van der Waals surface area contributed by atoms with Gasteiger partial charge in [-0.05, 0) is 69.6 Å². The van der Waals surface area contributed by atoms with Crippen LogP contribution in [0.1, 0.15) is 73.0 Å². The van der Waals surface area contributed by atoms with Crippen LogP contribution in [0.4, 0.5) is 14.5 Å². The van der Waals surface area contributed by atoms with Crippen molar-refractivity contribution in [3.8, 4) is 0 Å². The number of rotatable bonds is 5. The Morgan fingerprint density at radius 2 is 1.86 bits per heavy atom. The number of aryl methyl sites for hydroxylation is 2. The Hall–Kier alpha value is -2.82. The Balaban J connectivity index is 1.34. The molecule has 0 aliphatic heterocycles. The molecule has 5 rings (SSSR count). The van der Waals surface area contributed by atoms with Crippen LogP contribution in [0.2, 0.25) is 5.02 Å². The Morgan fingerprint density at radius 3 is 2.43 bits per heavy atom. The number of anilines is 1. The summed E-state index contributed by atoms with van der Waals surface area (Å²) < 4.78 is 31.8. The van der Waals surface area contributed by atoms with Crippen molar-refractivity contribution in [2.75, 3.05) is 5.32 Å². The zero-order valence-corrected chi connectivity index (χ0v) is 21.9. The van der Waals surface area contributed by atoms with Crippen LogP contribution in [0.5, 0.6) is 0 Å². The highest BCUT2D eigenvalue weighted by Gasteiger charge is 2.53. The maximum atomic E-state index is 15.3. The molecule has 0 spiro atoms. The zero-order valence-electron chi connectivity index (χ0n) is 21.1. The number of imidazole rings is 1. The van der Waals surface area contributed by atoms with E-state index in [1.807, 2.05) is 0 Å². The topological polar surface area (TPSA) is 105 Å². The predicted molar refractivity (Wildman–Crippen MR) is 133 cm³/mol. The van der Waals surface area contributed by atoms with Crippen LogP contribution in [0.15, 0.2) is 24.5 Å². The van der Waals surface area contributed by atoms with Crippen LogP contribution < -0.4 is 5.32 Å². The van der Waals surface area contributed by atoms with Gasteiger partial charge in [-0.1, -0.05) is 11.6 Å². The maximum absolute atomic E-state index is 15.3. The molecular weight excluding hydrogens is 504 g/mol. The molecule has 0 bridgehead atoms. The van der Waals surface area contributed by atoms with E-state index in [0.717, 1.165) is 0 Å². The second kappa shape index (κ2) is 8.89. The van der Waals surface area contributed by atoms with E-state index in [1.165, 1.54) is 36.7 Å². The smallest absolute Gasteiger partial charge is 0.274 e. The monoisotopic (exact) mass is 533 g/mol. The summed E-state index contributed by atoms with van der Waals surface area (Å²) in [4.78, 5) is 17.7. The Kier molecular flexibility index (Phi) is 6.20. The molecule has 2 aliphatic carbocycles. The van der Waals surface area contributed by atoms with Crippen LogP contribution in [-0.2, 0) is 25.3 Å². The third-order valence-corrected chi connectivity index (χ3v) is 8.08. The van der Waals surface area contributed by atoms with Gasteiger partial charge in [0.25, 0.3) is 5.91 Å². The number of carbonyl (C=O) groups excluding carboxylic acids is 1. The fourth-order valence-corrected chi connectivity index (χ4v) is 6.44. The molecule has 2 aliphatic rings. The quantitative estimate of drug-likeness (QED) is 0.452. The van der Waals surface area contributed by atoms with Gasteiger partial charge in [-0.15, -0.1) is 0 Å². The lowest BCUT2D eigenvalue weighted by Gasteiger charge is -2.25. The summed E-state index contributed by atoms with van der Waals surface area (Å²) in [5, 5.41) is 28.6. The molecule has 11 heteroatoms. The molecule has 2 unspecified atom stereocenters. The van der Waals surface area contributed by atoms with Crippen LogP contribution in [0.3, 0.4) is 0 Å². The second-order valence-electron chi connectivity index (χ2n) is 11.0. The summed E-state index contributed by atoms with van der Waals surface area (Å²) in [6.45, 7) is 2.93. The molecule has 2 saturated carbocycles. The lowest BCUT2D eigenvalue weighted by atomic mass is 9.89. The van der Waals surface area contributed by atoms with Crippen LogP contribution >= 0.6 is 11.6 Å². The lowest BCUT2D eigenvalue weighted by molar-refractivity contribution is 0.0224. The molecule has 2 heterocycles. The highest BCUT2D eigenvalue weighted by atomic mass is 35.5. The molecule has 37 heavy (non-hydrogen) atoms. The number of carbonyl (C=O) groups is 1. The van der Waals surface area contributed by atoms with Gasteiger partial charge in [0.2, 0.25) is 0 Å². The van der Waals surface area contributed by atoms with Crippen molar-refractivity contribution < 1.29 is 23.8 Å². The normalized spacial score (nSPS) is 25.5. The van der Waals surface area contributed by atoms with Crippen molar-refractivity contribution in [2.45, 2.75) is 56.7 Å². The average Bonchev–Trinajstić information content (AvgIpc) is 3.51. The second-order valence-corrected chi connectivity index (χ2v) is 11.4. The van der Waals surface area contributed by atoms with Gasteiger partial charge in [0, 0.05) is 25.7 Å². The predicted octanol–water partition coefficient (Wildman–Crippen LogP) is 4.36. The van der Waals surface area contributed by atoms with E-state index in [1.54, 1.807) is 25.0 Å². The molecule has 0 saturated heterocycles. The molecule has 3 aromatic rings. The van der Waals surface area contributed by atoms with E-state index < -0.39 is 22.8 Å². The SMILES string of the molecule is Cn1cnc(C2CC3CC(O)(c4c(F)c(C(C)(C)O)nn4C)CC3C2)c1C(=O)Nc1ccc(F)c(Cl)c1. The lowest BCUT2D eigenvalue weighted by Crippen LogP contribution is -2.28. The van der Waals surface area contributed by atoms with Crippen molar-refractivity contribution in [1.82, 2.24) is 19.3 Å². The number of hydrogen-bond acceptors (Lipinski definition) is 5. The van der Waals surface area contributed by atoms with Crippen LogP contribution in [0, 0.1) is 23.5 Å². The minimum atomic E-state index is -1.47. The van der Waals surface area contributed by atoms with Crippen molar-refractivity contribution in [3.05, 3.63) is 64.0 Å². The fraction of sp³-hybridized carbons (Fsp3) is 0.500. The number of nitrogens with zero attached hydrogens (tertiary/aromatic N) is 4. The van der Waals surface area contributed by atoms with Crippen molar-refractivity contribution >= 4 is 23.2 Å². The Morgan fingerprint density at radius 1 is 1.22 bits per heavy atom. The number of aromatic nitrogens is 4. The molecule has 198 valence electrons. The van der Waals surface area contributed by atoms with E-state index in [0.29, 0.717) is 42.8 Å². The standard InChI is InChI=1S/C26H30ClF2N5O3/c1-25(2,36)22-19(29)23(34(4)32-22)26(37)10-14-7-13(8-15(14)11-26)20-21(33(3)12-30-20)24(35)31-16-5-6-18(28)17(27)9-16/h5-6,9,12-15,36-37H,7-8,10-11H2,1-4H3,(H,31,35). The van der Waals surface area contributed by atoms with Gasteiger partial charge >= 0.3 is 0 Å². The minimum Gasteiger partial charge on any atom is -0.384 e. The van der Waals surface area contributed by atoms with Crippen LogP contribution in [-0.4, -0.2) is 35.5 Å². The molecule has 8 nitrogen and oxygen atoms in total. The Labute approximate surface area is 218 Å². The first-order valence-electron chi connectivity index (χ1n) is 12.2. The number of fused-ring (bicyclic) bond motifs is 1. The van der Waals surface area contributed by atoms with Crippen molar-refractivity contribution in [3.63, 3.8) is 0 Å². The number of nitrogens with one attached hydrogen (secondary N) is 1. The molecule has 2 aromatic heterocycles. The summed E-state index contributed by atoms with van der Waals surface area (Å²) in [7, 11) is 3.32. The molecule has 0 radical (unpaired) electrons. The third kappa shape index (κ3) is 4.45. The largest absolute Gasteiger partial charge is 0.384 e. The van der Waals surface area contributed by atoms with E-state index in [9.17, 15) is 19.4 Å². The van der Waals surface area contributed by atoms with Gasteiger partial charge in [-0.25, -0.2) is 13.8 Å². The molecular formula is C26H30ClF2N5O3. The summed E-state index contributed by atoms with van der Waals surface area (Å²) in [5.41, 5.74) is -1.38. The Bertz CT molecular complexity index is 1370. The molecule has 2 atom stereocenters. The van der Waals surface area contributed by atoms with Gasteiger partial charge in [0.05, 0.1) is 17.0 Å². The highest BCUT2D eigenvalue weighted by Crippen LogP contribution is 2.57.